The largest absolute Gasteiger partial charge is 0.492 e. The minimum Gasteiger partial charge on any atom is -0.492 e. The van der Waals surface area contributed by atoms with Gasteiger partial charge in [0.05, 0.1) is 46.0 Å². The van der Waals surface area contributed by atoms with E-state index in [1.54, 1.807) is 27.8 Å². The minimum atomic E-state index is -1.12. The first-order chi connectivity index (χ1) is 35.8. The molecule has 2 amide bonds. The molecule has 0 radical (unpaired) electrons. The summed E-state index contributed by atoms with van der Waals surface area (Å²) in [5, 5.41) is 17.2. The molecule has 406 valence electrons. The van der Waals surface area contributed by atoms with Gasteiger partial charge in [-0.2, -0.15) is 4.98 Å². The number of fused-ring (bicyclic) bond motifs is 1. The van der Waals surface area contributed by atoms with Gasteiger partial charge in [0.1, 0.15) is 23.1 Å². The summed E-state index contributed by atoms with van der Waals surface area (Å²) >= 11 is 0. The van der Waals surface area contributed by atoms with E-state index in [9.17, 15) is 23.7 Å². The Kier molecular flexibility index (Phi) is 17.8. The van der Waals surface area contributed by atoms with Crippen molar-refractivity contribution in [2.45, 2.75) is 101 Å². The SMILES string of the molecule is CN(COC(=O)C(C)(C)C)C(=O)CCN(C=O)c1ccc(OCCN2CCC(N3CCN(CC4CCN(C5=CNC(N6CCN(c7nc8c(c(NC9(CO)CCC9)n7)[S@](=O)CC8)CC6)N=C5)CC4)CC3)CC2)cc1. The summed E-state index contributed by atoms with van der Waals surface area (Å²) in [6.45, 7) is 20.1. The number of carbonyl (C=O) groups is 3. The van der Waals surface area contributed by atoms with Crippen LogP contribution in [0, 0.1) is 11.3 Å². The molecule has 5 fully saturated rings. The fourth-order valence-corrected chi connectivity index (χ4v) is 12.5. The van der Waals surface area contributed by atoms with E-state index in [2.05, 4.69) is 52.4 Å². The van der Waals surface area contributed by atoms with Crippen molar-refractivity contribution in [2.24, 2.45) is 16.3 Å². The molecule has 2 aromatic rings. The number of nitrogens with zero attached hydrogens (tertiary/aromatic N) is 11. The predicted molar refractivity (Wildman–Crippen MR) is 287 cm³/mol. The van der Waals surface area contributed by atoms with Crippen molar-refractivity contribution in [1.82, 2.24) is 44.7 Å². The maximum atomic E-state index is 12.9. The van der Waals surface area contributed by atoms with Gasteiger partial charge in [0, 0.05) is 129 Å². The van der Waals surface area contributed by atoms with Crippen LogP contribution in [0.5, 0.6) is 5.75 Å². The third-order valence-corrected chi connectivity index (χ3v) is 17.7. The number of nitrogens with one attached hydrogen (secondary N) is 2. The number of piperazine rings is 2. The van der Waals surface area contributed by atoms with Gasteiger partial charge < -0.3 is 49.7 Å². The van der Waals surface area contributed by atoms with E-state index in [0.717, 1.165) is 133 Å². The zero-order valence-electron chi connectivity index (χ0n) is 44.3. The smallest absolute Gasteiger partial charge is 0.312 e. The second kappa shape index (κ2) is 24.4. The lowest BCUT2D eigenvalue weighted by molar-refractivity contribution is -0.159. The molecule has 7 aliphatic rings. The Hall–Kier alpha value is -4.93. The van der Waals surface area contributed by atoms with E-state index in [0.29, 0.717) is 42.3 Å². The molecule has 6 aliphatic heterocycles. The Morgan fingerprint density at radius 1 is 0.919 bits per heavy atom. The number of hydrogen-bond acceptors (Lipinski definition) is 18. The van der Waals surface area contributed by atoms with E-state index in [-0.39, 0.29) is 50.0 Å². The number of amides is 2. The maximum Gasteiger partial charge on any atom is 0.312 e. The molecule has 74 heavy (non-hydrogen) atoms. The average molecular weight is 1040 g/mol. The molecule has 1 aromatic heterocycles. The van der Waals surface area contributed by atoms with Crippen molar-refractivity contribution in [3.63, 3.8) is 0 Å². The summed E-state index contributed by atoms with van der Waals surface area (Å²) in [6, 6.07) is 8.03. The number of anilines is 3. The lowest BCUT2D eigenvalue weighted by atomic mass is 9.77. The number of aryl methyl sites for hydroxylation is 1. The lowest BCUT2D eigenvalue weighted by Crippen LogP contribution is -2.55. The van der Waals surface area contributed by atoms with Crippen molar-refractivity contribution in [2.75, 3.05) is 146 Å². The molecule has 1 unspecified atom stereocenters. The van der Waals surface area contributed by atoms with Gasteiger partial charge in [0.2, 0.25) is 18.3 Å². The number of aliphatic hydroxyl groups is 1. The quantitative estimate of drug-likeness (QED) is 0.0995. The predicted octanol–water partition coefficient (Wildman–Crippen LogP) is 2.62. The van der Waals surface area contributed by atoms with Gasteiger partial charge in [0.15, 0.2) is 13.0 Å². The number of esters is 1. The number of allylic oxidation sites excluding steroid dienone is 1. The zero-order valence-corrected chi connectivity index (χ0v) is 45.1. The number of carbonyl (C=O) groups excluding carboxylic acids is 3. The zero-order chi connectivity index (χ0) is 51.8. The van der Waals surface area contributed by atoms with Crippen LogP contribution < -0.4 is 25.2 Å². The molecule has 1 aromatic carbocycles. The van der Waals surface area contributed by atoms with Gasteiger partial charge in [-0.05, 0) is 109 Å². The third-order valence-electron chi connectivity index (χ3n) is 16.3. The van der Waals surface area contributed by atoms with Gasteiger partial charge in [-0.25, -0.2) is 4.98 Å². The van der Waals surface area contributed by atoms with Crippen LogP contribution >= 0.6 is 0 Å². The summed E-state index contributed by atoms with van der Waals surface area (Å²) < 4.78 is 24.2. The van der Waals surface area contributed by atoms with Crippen molar-refractivity contribution in [3.8, 4) is 5.75 Å². The highest BCUT2D eigenvalue weighted by Gasteiger charge is 2.40. The fourth-order valence-electron chi connectivity index (χ4n) is 11.2. The van der Waals surface area contributed by atoms with Crippen molar-refractivity contribution in [3.05, 3.63) is 41.9 Å². The molecule has 0 spiro atoms. The van der Waals surface area contributed by atoms with Crippen molar-refractivity contribution < 1.29 is 33.2 Å². The second-order valence-corrected chi connectivity index (χ2v) is 23.9. The van der Waals surface area contributed by atoms with E-state index in [1.165, 1.54) is 47.7 Å². The Morgan fingerprint density at radius 3 is 2.27 bits per heavy atom. The molecular weight excluding hydrogens is 963 g/mol. The topological polar surface area (TPSA) is 195 Å². The van der Waals surface area contributed by atoms with Crippen LogP contribution in [0.3, 0.4) is 0 Å². The highest BCUT2D eigenvalue weighted by atomic mass is 32.2. The molecule has 2 atom stereocenters. The summed E-state index contributed by atoms with van der Waals surface area (Å²) in [6.07, 6.45) is 13.2. The van der Waals surface area contributed by atoms with Crippen molar-refractivity contribution in [1.29, 1.82) is 0 Å². The number of hydrogen-bond donors (Lipinski definition) is 3. The highest BCUT2D eigenvalue weighted by Crippen LogP contribution is 2.38. The summed E-state index contributed by atoms with van der Waals surface area (Å²) in [7, 11) is 0.463. The van der Waals surface area contributed by atoms with E-state index >= 15 is 0 Å². The average Bonchev–Trinajstić information content (AvgIpc) is 3.80. The number of ether oxygens (including phenoxy) is 2. The van der Waals surface area contributed by atoms with Gasteiger partial charge in [0.25, 0.3) is 0 Å². The van der Waals surface area contributed by atoms with Crippen LogP contribution in [0.2, 0.25) is 0 Å². The molecule has 1 saturated carbocycles. The molecule has 7 heterocycles. The Balaban J connectivity index is 0.619. The molecule has 21 heteroatoms. The Labute approximate surface area is 440 Å². The lowest BCUT2D eigenvalue weighted by Gasteiger charge is -2.44. The van der Waals surface area contributed by atoms with Crippen LogP contribution in [0.15, 0.2) is 46.1 Å². The fraction of sp³-hybridized carbons (Fsp3) is 0.698. The molecule has 1 aliphatic carbocycles. The third kappa shape index (κ3) is 13.4. The second-order valence-electron chi connectivity index (χ2n) is 22.4. The summed E-state index contributed by atoms with van der Waals surface area (Å²) in [4.78, 5) is 70.0. The molecular formula is C53H81N13O7S. The molecule has 9 rings (SSSR count). The number of benzene rings is 1. The van der Waals surface area contributed by atoms with Crippen LogP contribution in [-0.2, 0) is 36.3 Å². The first-order valence-corrected chi connectivity index (χ1v) is 28.5. The number of aromatic nitrogens is 2. The van der Waals surface area contributed by atoms with Crippen LogP contribution in [-0.4, -0.2) is 222 Å². The first kappa shape index (κ1) is 53.9. The molecule has 0 bridgehead atoms. The number of piperidine rings is 2. The summed E-state index contributed by atoms with van der Waals surface area (Å²) in [5.41, 5.74) is 1.71. The first-order valence-electron chi connectivity index (χ1n) is 27.2. The van der Waals surface area contributed by atoms with Gasteiger partial charge in [-0.15, -0.1) is 0 Å². The number of rotatable bonds is 20. The van der Waals surface area contributed by atoms with E-state index < -0.39 is 16.2 Å². The maximum absolute atomic E-state index is 12.9. The van der Waals surface area contributed by atoms with Crippen LogP contribution in [0.25, 0.3) is 0 Å². The minimum absolute atomic E-state index is 0.0441. The van der Waals surface area contributed by atoms with Crippen LogP contribution in [0.1, 0.15) is 77.8 Å². The van der Waals surface area contributed by atoms with E-state index in [4.69, 9.17) is 24.4 Å². The molecule has 3 N–H and O–H groups in total. The van der Waals surface area contributed by atoms with Crippen molar-refractivity contribution >= 4 is 52.8 Å². The van der Waals surface area contributed by atoms with Gasteiger partial charge in [-0.3, -0.25) is 38.3 Å². The number of likely N-dealkylation sites (tertiary alicyclic amines) is 2. The molecule has 4 saturated heterocycles. The monoisotopic (exact) mass is 1040 g/mol. The van der Waals surface area contributed by atoms with E-state index in [1.807, 2.05) is 24.3 Å². The Morgan fingerprint density at radius 2 is 1.64 bits per heavy atom. The number of aliphatic imine (C=N–C) groups is 1. The number of aliphatic hydroxyl groups excluding tert-OH is 1. The Bertz CT molecular complexity index is 2310. The highest BCUT2D eigenvalue weighted by molar-refractivity contribution is 7.85. The van der Waals surface area contributed by atoms with Gasteiger partial charge in [-0.1, -0.05) is 0 Å². The normalized spacial score (nSPS) is 23.3. The molecule has 20 nitrogen and oxygen atoms in total. The summed E-state index contributed by atoms with van der Waals surface area (Å²) in [5.74, 6) is 2.77. The van der Waals surface area contributed by atoms with Crippen LogP contribution in [0.4, 0.5) is 17.5 Å². The standard InChI is InChI=1S/C53H81N13O7S/c1-52(2,3)49(70)73-39-59(4)46(69)14-22-66(38-68)41-6-8-44(9-7-41)72-32-31-60-18-12-42(13-19-60)63-25-23-61(24-26-63)36-40-10-20-62(21-11-40)43-34-54-50(55-35-43)64-27-29-65(30-28-64)51-56-45-15-33-74(71)47(45)48(57-51)58-53(37-67)16-5-17-53/h6-9,34-35,38,40,42,50,54,67H,5,10-33,36-37,39H2,1-4H3,(H,56,57,58)/t50?,74-/m1/s1. The van der Waals surface area contributed by atoms with Gasteiger partial charge >= 0.3 is 5.97 Å².